The Balaban J connectivity index is 0.000000163. The molecule has 4 bridgehead atoms. The van der Waals surface area contributed by atoms with Gasteiger partial charge in [-0.15, -0.1) is 0 Å². The van der Waals surface area contributed by atoms with Crippen molar-refractivity contribution in [3.63, 3.8) is 0 Å². The maximum absolute atomic E-state index is 6.02. The average molecular weight is 412 g/mol. The minimum Gasteiger partial charge on any atom is -0.308 e. The van der Waals surface area contributed by atoms with E-state index in [-0.39, 0.29) is 0 Å². The van der Waals surface area contributed by atoms with E-state index >= 15 is 0 Å². The second kappa shape index (κ2) is 9.90. The molecule has 6 aliphatic rings. The third-order valence-electron chi connectivity index (χ3n) is 9.82. The Morgan fingerprint density at radius 1 is 0.633 bits per heavy atom. The van der Waals surface area contributed by atoms with Gasteiger partial charge in [-0.3, -0.25) is 0 Å². The van der Waals surface area contributed by atoms with Gasteiger partial charge in [-0.25, -0.2) is 0 Å². The molecule has 0 saturated heterocycles. The van der Waals surface area contributed by atoms with Crippen LogP contribution in [0.1, 0.15) is 67.2 Å². The van der Waals surface area contributed by atoms with E-state index in [2.05, 4.69) is 79.5 Å². The summed E-state index contributed by atoms with van der Waals surface area (Å²) < 4.78 is 0. The van der Waals surface area contributed by atoms with Crippen molar-refractivity contribution >= 4 is 15.7 Å². The van der Waals surface area contributed by atoms with Crippen molar-refractivity contribution in [1.29, 1.82) is 0 Å². The Morgan fingerprint density at radius 2 is 0.933 bits per heavy atom. The lowest BCUT2D eigenvalue weighted by atomic mass is 9.41. The minimum atomic E-state index is 0.492. The molecular formula is C26H50B2N2. The molecule has 6 rings (SSSR count). The zero-order valence-electron chi connectivity index (χ0n) is 21.9. The summed E-state index contributed by atoms with van der Waals surface area (Å²) in [7, 11) is 20.4. The zero-order chi connectivity index (χ0) is 23.0. The number of fused-ring (bicyclic) bond motifs is 4. The maximum atomic E-state index is 6.02. The quantitative estimate of drug-likeness (QED) is 0.573. The molecule has 0 heterocycles. The number of rotatable bonds is 3. The maximum Gasteiger partial charge on any atom is 0.0703 e. The molecule has 2 nitrogen and oxygen atoms in total. The highest BCUT2D eigenvalue weighted by atomic mass is 15.1. The molecule has 0 N–H and O–H groups in total. The van der Waals surface area contributed by atoms with Crippen molar-refractivity contribution < 1.29 is 0 Å². The molecule has 6 saturated carbocycles. The number of hydrogen-bond donors (Lipinski definition) is 0. The summed E-state index contributed by atoms with van der Waals surface area (Å²) in [5.41, 5.74) is 1.21. The Hall–Kier alpha value is 0.0499. The number of nitrogens with zero attached hydrogens (tertiary/aromatic N) is 2. The van der Waals surface area contributed by atoms with Crippen LogP contribution in [-0.2, 0) is 0 Å². The van der Waals surface area contributed by atoms with E-state index < -0.39 is 0 Å². The largest absolute Gasteiger partial charge is 0.308 e. The first-order valence-corrected chi connectivity index (χ1v) is 12.5. The fraction of sp³-hybridized carbons (Fsp3) is 1.00. The van der Waals surface area contributed by atoms with Gasteiger partial charge in [0.15, 0.2) is 0 Å². The molecule has 30 heavy (non-hydrogen) atoms. The highest BCUT2D eigenvalue weighted by Crippen LogP contribution is 2.64. The van der Waals surface area contributed by atoms with Gasteiger partial charge in [-0.2, -0.15) is 0 Å². The average Bonchev–Trinajstić information content (AvgIpc) is 2.64. The number of hydrogen-bond acceptors (Lipinski definition) is 2. The Morgan fingerprint density at radius 3 is 1.10 bits per heavy atom. The van der Waals surface area contributed by atoms with Gasteiger partial charge in [0.05, 0.1) is 15.7 Å². The highest BCUT2D eigenvalue weighted by Gasteiger charge is 2.55. The van der Waals surface area contributed by atoms with Gasteiger partial charge >= 0.3 is 0 Å². The Bertz CT molecular complexity index is 497. The SMILES string of the molecule is CN(C)CCN(C)C.[B][C@@H]1C[C@@H]2C[C@H]([C@H]1C)C2(C)C.[B][C@@H]1C[C@@H]2C[C@H]([C@H]1C)C2(C)C. The van der Waals surface area contributed by atoms with Gasteiger partial charge in [0, 0.05) is 13.1 Å². The first-order valence-electron chi connectivity index (χ1n) is 12.5. The van der Waals surface area contributed by atoms with E-state index in [9.17, 15) is 0 Å². The van der Waals surface area contributed by atoms with Gasteiger partial charge in [0.1, 0.15) is 0 Å². The molecule has 0 aliphatic heterocycles. The smallest absolute Gasteiger partial charge is 0.0703 e. The molecule has 6 aliphatic carbocycles. The summed E-state index contributed by atoms with van der Waals surface area (Å²) in [5.74, 6) is 6.19. The topological polar surface area (TPSA) is 6.48 Å². The predicted octanol–water partition coefficient (Wildman–Crippen LogP) is 5.40. The molecule has 0 amide bonds. The normalized spacial score (nSPS) is 42.1. The van der Waals surface area contributed by atoms with Gasteiger partial charge in [0.2, 0.25) is 0 Å². The summed E-state index contributed by atoms with van der Waals surface area (Å²) in [5, 5.41) is 0. The van der Waals surface area contributed by atoms with Crippen LogP contribution >= 0.6 is 0 Å². The zero-order valence-corrected chi connectivity index (χ0v) is 21.9. The lowest BCUT2D eigenvalue weighted by molar-refractivity contribution is -0.0980. The lowest BCUT2D eigenvalue weighted by Crippen LogP contribution is -2.53. The second-order valence-corrected chi connectivity index (χ2v) is 12.8. The van der Waals surface area contributed by atoms with Gasteiger partial charge in [-0.1, -0.05) is 66.0 Å². The van der Waals surface area contributed by atoms with Crippen LogP contribution in [0, 0.1) is 46.3 Å². The summed E-state index contributed by atoms with van der Waals surface area (Å²) in [4.78, 5) is 4.36. The Kier molecular flexibility index (Phi) is 8.68. The van der Waals surface area contributed by atoms with E-state index in [4.69, 9.17) is 15.7 Å². The first kappa shape index (κ1) is 26.3. The van der Waals surface area contributed by atoms with E-state index in [1.807, 2.05) is 0 Å². The van der Waals surface area contributed by atoms with Crippen LogP contribution in [0.2, 0.25) is 11.6 Å². The molecule has 0 spiro atoms. The van der Waals surface area contributed by atoms with Crippen molar-refractivity contribution in [3.05, 3.63) is 0 Å². The van der Waals surface area contributed by atoms with E-state index in [0.29, 0.717) is 22.5 Å². The fourth-order valence-electron chi connectivity index (χ4n) is 6.78. The third kappa shape index (κ3) is 5.51. The van der Waals surface area contributed by atoms with Crippen LogP contribution in [0.25, 0.3) is 0 Å². The van der Waals surface area contributed by atoms with Crippen molar-refractivity contribution in [2.75, 3.05) is 41.3 Å². The molecule has 170 valence electrons. The van der Waals surface area contributed by atoms with Crippen molar-refractivity contribution in [1.82, 2.24) is 9.80 Å². The lowest BCUT2D eigenvalue weighted by Gasteiger charge is -2.62. The van der Waals surface area contributed by atoms with Crippen molar-refractivity contribution in [3.8, 4) is 0 Å². The fourth-order valence-corrected chi connectivity index (χ4v) is 6.78. The molecule has 8 atom stereocenters. The molecule has 0 aromatic heterocycles. The van der Waals surface area contributed by atoms with E-state index in [1.165, 1.54) is 25.7 Å². The van der Waals surface area contributed by atoms with Crippen LogP contribution in [0.3, 0.4) is 0 Å². The first-order chi connectivity index (χ1) is 13.7. The van der Waals surface area contributed by atoms with Crippen LogP contribution in [0.4, 0.5) is 0 Å². The van der Waals surface area contributed by atoms with Gasteiger partial charge < -0.3 is 9.80 Å². The van der Waals surface area contributed by atoms with E-state index in [1.54, 1.807) is 0 Å². The van der Waals surface area contributed by atoms with Crippen LogP contribution in [0.15, 0.2) is 0 Å². The van der Waals surface area contributed by atoms with Crippen LogP contribution in [-0.4, -0.2) is 66.8 Å². The van der Waals surface area contributed by atoms with Crippen molar-refractivity contribution in [2.24, 2.45) is 46.3 Å². The minimum absolute atomic E-state index is 0.492. The van der Waals surface area contributed by atoms with Crippen LogP contribution in [0.5, 0.6) is 0 Å². The third-order valence-corrected chi connectivity index (χ3v) is 9.82. The standard InChI is InChI=1S/2C10H17B.C6H16N2/c2*1-6-8-4-7(5-9(6)11)10(8,2)3;1-7(2)5-6-8(3)4/h2*6-9H,4-5H2,1-3H3;5-6H2,1-4H3/t2*6-,7+,8-,9-;/m11./s1. The molecule has 4 radical (unpaired) electrons. The van der Waals surface area contributed by atoms with Crippen LogP contribution < -0.4 is 0 Å². The van der Waals surface area contributed by atoms with Gasteiger partial charge in [0.25, 0.3) is 0 Å². The summed E-state index contributed by atoms with van der Waals surface area (Å²) >= 11 is 0. The van der Waals surface area contributed by atoms with Gasteiger partial charge in [-0.05, 0) is 87.4 Å². The summed E-state index contributed by atoms with van der Waals surface area (Å²) in [6, 6.07) is 0. The molecule has 0 aromatic rings. The second-order valence-electron chi connectivity index (χ2n) is 12.8. The molecule has 0 aromatic carbocycles. The molecular weight excluding hydrogens is 362 g/mol. The summed E-state index contributed by atoms with van der Waals surface area (Å²) in [6.07, 6.45) is 5.43. The highest BCUT2D eigenvalue weighted by molar-refractivity contribution is 6.12. The monoisotopic (exact) mass is 412 g/mol. The molecule has 4 heteroatoms. The Labute approximate surface area is 192 Å². The molecule has 6 fully saturated rings. The molecule has 0 unspecified atom stereocenters. The van der Waals surface area contributed by atoms with Crippen molar-refractivity contribution in [2.45, 2.75) is 78.9 Å². The summed E-state index contributed by atoms with van der Waals surface area (Å²) in [6.45, 7) is 16.6. The number of likely N-dealkylation sites (N-methyl/N-ethyl adjacent to an activating group) is 2. The predicted molar refractivity (Wildman–Crippen MR) is 134 cm³/mol. The van der Waals surface area contributed by atoms with E-state index in [0.717, 1.165) is 48.6 Å².